The number of carbonyl (C=O) groups is 2. The summed E-state index contributed by atoms with van der Waals surface area (Å²) in [4.78, 5) is 27.1. The number of hydrogen-bond donors (Lipinski definition) is 2. The molecule has 2 amide bonds. The van der Waals surface area contributed by atoms with Crippen LogP contribution in [0.5, 0.6) is 0 Å². The predicted molar refractivity (Wildman–Crippen MR) is 101 cm³/mol. The first kappa shape index (κ1) is 19.3. The Labute approximate surface area is 163 Å². The van der Waals surface area contributed by atoms with Crippen molar-refractivity contribution in [1.82, 2.24) is 15.5 Å². The van der Waals surface area contributed by atoms with Crippen molar-refractivity contribution in [2.75, 3.05) is 26.2 Å². The summed E-state index contributed by atoms with van der Waals surface area (Å²) in [5.41, 5.74) is 0.708. The summed E-state index contributed by atoms with van der Waals surface area (Å²) in [6.07, 6.45) is 4.29. The molecule has 3 fully saturated rings. The molecular formula is C21H27F2N3O2. The summed E-state index contributed by atoms with van der Waals surface area (Å²) in [5, 5.41) is 6.39. The number of rotatable bonds is 4. The second kappa shape index (κ2) is 8.15. The average molecular weight is 391 g/mol. The van der Waals surface area contributed by atoms with E-state index in [0.29, 0.717) is 18.7 Å². The SMILES string of the molecule is O=C(NC1CNCCC1c1ccc(F)c(F)c1)C1CCCN(C(=O)C2CC2)C1. The van der Waals surface area contributed by atoms with Crippen molar-refractivity contribution in [3.8, 4) is 0 Å². The number of likely N-dealkylation sites (tertiary alicyclic amines) is 1. The first-order valence-electron chi connectivity index (χ1n) is 10.3. The molecule has 2 N–H and O–H groups in total. The van der Waals surface area contributed by atoms with Crippen LogP contribution in [0.15, 0.2) is 18.2 Å². The number of carbonyl (C=O) groups excluding carboxylic acids is 2. The molecule has 2 heterocycles. The van der Waals surface area contributed by atoms with E-state index in [1.165, 1.54) is 6.07 Å². The number of benzene rings is 1. The number of halogens is 2. The van der Waals surface area contributed by atoms with Gasteiger partial charge in [0.05, 0.1) is 5.92 Å². The third kappa shape index (κ3) is 4.19. The van der Waals surface area contributed by atoms with Gasteiger partial charge in [-0.05, 0) is 56.3 Å². The van der Waals surface area contributed by atoms with Crippen molar-refractivity contribution in [3.05, 3.63) is 35.4 Å². The second-order valence-corrected chi connectivity index (χ2v) is 8.29. The number of hydrogen-bond acceptors (Lipinski definition) is 3. The Morgan fingerprint density at radius 2 is 1.89 bits per heavy atom. The zero-order valence-electron chi connectivity index (χ0n) is 15.9. The molecule has 3 atom stereocenters. The van der Waals surface area contributed by atoms with E-state index in [0.717, 1.165) is 51.3 Å². The van der Waals surface area contributed by atoms with Gasteiger partial charge in [-0.25, -0.2) is 8.78 Å². The fourth-order valence-corrected chi connectivity index (χ4v) is 4.43. The third-order valence-electron chi connectivity index (χ3n) is 6.21. The fraction of sp³-hybridized carbons (Fsp3) is 0.619. The molecule has 3 unspecified atom stereocenters. The van der Waals surface area contributed by atoms with E-state index >= 15 is 0 Å². The molecule has 1 saturated carbocycles. The number of nitrogens with zero attached hydrogens (tertiary/aromatic N) is 1. The topological polar surface area (TPSA) is 61.4 Å². The van der Waals surface area contributed by atoms with E-state index < -0.39 is 11.6 Å². The van der Waals surface area contributed by atoms with Gasteiger partial charge in [-0.3, -0.25) is 9.59 Å². The summed E-state index contributed by atoms with van der Waals surface area (Å²) in [5.74, 6) is -1.67. The molecule has 5 nitrogen and oxygen atoms in total. The Morgan fingerprint density at radius 3 is 2.64 bits per heavy atom. The van der Waals surface area contributed by atoms with Crippen LogP contribution in [-0.4, -0.2) is 48.9 Å². The van der Waals surface area contributed by atoms with Crippen LogP contribution >= 0.6 is 0 Å². The zero-order valence-corrected chi connectivity index (χ0v) is 15.9. The number of nitrogens with one attached hydrogen (secondary N) is 2. The fourth-order valence-electron chi connectivity index (χ4n) is 4.43. The molecule has 3 aliphatic rings. The molecule has 0 aromatic heterocycles. The number of piperidine rings is 2. The van der Waals surface area contributed by atoms with Gasteiger partial charge in [0, 0.05) is 37.5 Å². The van der Waals surface area contributed by atoms with Gasteiger partial charge >= 0.3 is 0 Å². The molecule has 0 radical (unpaired) electrons. The molecule has 2 saturated heterocycles. The van der Waals surface area contributed by atoms with Crippen molar-refractivity contribution in [2.24, 2.45) is 11.8 Å². The molecule has 0 spiro atoms. The molecule has 152 valence electrons. The van der Waals surface area contributed by atoms with E-state index in [-0.39, 0.29) is 35.6 Å². The number of amides is 2. The maximum Gasteiger partial charge on any atom is 0.225 e. The first-order chi connectivity index (χ1) is 13.5. The average Bonchev–Trinajstić information content (AvgIpc) is 3.55. The van der Waals surface area contributed by atoms with E-state index in [2.05, 4.69) is 10.6 Å². The zero-order chi connectivity index (χ0) is 19.7. The highest BCUT2D eigenvalue weighted by Gasteiger charge is 2.37. The largest absolute Gasteiger partial charge is 0.351 e. The van der Waals surface area contributed by atoms with E-state index in [1.807, 2.05) is 4.90 Å². The summed E-state index contributed by atoms with van der Waals surface area (Å²) in [6, 6.07) is 3.81. The van der Waals surface area contributed by atoms with Crippen LogP contribution in [0.2, 0.25) is 0 Å². The smallest absolute Gasteiger partial charge is 0.225 e. The van der Waals surface area contributed by atoms with Gasteiger partial charge in [0.15, 0.2) is 11.6 Å². The van der Waals surface area contributed by atoms with Gasteiger partial charge in [-0.15, -0.1) is 0 Å². The Bertz CT molecular complexity index is 753. The highest BCUT2D eigenvalue weighted by atomic mass is 19.2. The molecule has 1 aromatic carbocycles. The molecule has 7 heteroatoms. The minimum atomic E-state index is -0.860. The third-order valence-corrected chi connectivity index (χ3v) is 6.21. The van der Waals surface area contributed by atoms with Crippen LogP contribution in [0, 0.1) is 23.5 Å². The van der Waals surface area contributed by atoms with Crippen LogP contribution in [-0.2, 0) is 9.59 Å². The Morgan fingerprint density at radius 1 is 1.07 bits per heavy atom. The predicted octanol–water partition coefficient (Wildman–Crippen LogP) is 2.18. The van der Waals surface area contributed by atoms with Crippen molar-refractivity contribution >= 4 is 11.8 Å². The van der Waals surface area contributed by atoms with Crippen LogP contribution in [0.1, 0.15) is 43.6 Å². The second-order valence-electron chi connectivity index (χ2n) is 8.29. The van der Waals surface area contributed by atoms with Crippen LogP contribution in [0.4, 0.5) is 8.78 Å². The summed E-state index contributed by atoms with van der Waals surface area (Å²) in [7, 11) is 0. The van der Waals surface area contributed by atoms with Gasteiger partial charge in [-0.2, -0.15) is 0 Å². The highest BCUT2D eigenvalue weighted by Crippen LogP contribution is 2.33. The normalized spacial score (nSPS) is 28.1. The maximum absolute atomic E-state index is 13.7. The summed E-state index contributed by atoms with van der Waals surface area (Å²) < 4.78 is 27.0. The van der Waals surface area contributed by atoms with Gasteiger partial charge in [0.25, 0.3) is 0 Å². The lowest BCUT2D eigenvalue weighted by atomic mass is 9.85. The van der Waals surface area contributed by atoms with Gasteiger partial charge in [0.1, 0.15) is 0 Å². The molecule has 1 aliphatic carbocycles. The molecule has 4 rings (SSSR count). The minimum absolute atomic E-state index is 0.0467. The Kier molecular flexibility index (Phi) is 5.62. The standard InChI is InChI=1S/C21H27F2N3O2/c22-17-6-5-14(10-18(17)23)16-7-8-24-11-19(16)25-20(27)15-2-1-9-26(12-15)21(28)13-3-4-13/h5-6,10,13,15-16,19,24H,1-4,7-9,11-12H2,(H,25,27). The maximum atomic E-state index is 13.7. The molecule has 28 heavy (non-hydrogen) atoms. The molecular weight excluding hydrogens is 364 g/mol. The van der Waals surface area contributed by atoms with Crippen LogP contribution in [0.25, 0.3) is 0 Å². The summed E-state index contributed by atoms with van der Waals surface area (Å²) >= 11 is 0. The van der Waals surface area contributed by atoms with Crippen molar-refractivity contribution in [3.63, 3.8) is 0 Å². The van der Waals surface area contributed by atoms with Gasteiger partial charge < -0.3 is 15.5 Å². The minimum Gasteiger partial charge on any atom is -0.351 e. The quantitative estimate of drug-likeness (QED) is 0.827. The summed E-state index contributed by atoms with van der Waals surface area (Å²) in [6.45, 7) is 2.58. The molecule has 1 aromatic rings. The lowest BCUT2D eigenvalue weighted by molar-refractivity contribution is -0.137. The lowest BCUT2D eigenvalue weighted by Crippen LogP contribution is -2.53. The van der Waals surface area contributed by atoms with Gasteiger partial charge in [0.2, 0.25) is 11.8 Å². The van der Waals surface area contributed by atoms with Crippen molar-refractivity contribution in [2.45, 2.75) is 44.1 Å². The first-order valence-corrected chi connectivity index (χ1v) is 10.3. The lowest BCUT2D eigenvalue weighted by Gasteiger charge is -2.36. The van der Waals surface area contributed by atoms with Crippen molar-refractivity contribution in [1.29, 1.82) is 0 Å². The van der Waals surface area contributed by atoms with E-state index in [9.17, 15) is 18.4 Å². The Balaban J connectivity index is 1.41. The molecule has 0 bridgehead atoms. The van der Waals surface area contributed by atoms with Gasteiger partial charge in [-0.1, -0.05) is 6.07 Å². The van der Waals surface area contributed by atoms with Crippen molar-refractivity contribution < 1.29 is 18.4 Å². The van der Waals surface area contributed by atoms with E-state index in [1.54, 1.807) is 6.07 Å². The monoisotopic (exact) mass is 391 g/mol. The van der Waals surface area contributed by atoms with Crippen LogP contribution < -0.4 is 10.6 Å². The van der Waals surface area contributed by atoms with Crippen LogP contribution in [0.3, 0.4) is 0 Å². The Hall–Kier alpha value is -2.02. The molecule has 2 aliphatic heterocycles. The van der Waals surface area contributed by atoms with E-state index in [4.69, 9.17) is 0 Å². The highest BCUT2D eigenvalue weighted by molar-refractivity contribution is 5.83.